The summed E-state index contributed by atoms with van der Waals surface area (Å²) in [5.74, 6) is 0.625. The zero-order chi connectivity index (χ0) is 17.5. The van der Waals surface area contributed by atoms with Crippen LogP contribution in [0.4, 0.5) is 0 Å². The molecule has 1 aliphatic heterocycles. The number of hydrogen-bond acceptors (Lipinski definition) is 4. The topological polar surface area (TPSA) is 67.9 Å². The number of amides is 2. The predicted molar refractivity (Wildman–Crippen MR) is 90.9 cm³/mol. The smallest absolute Gasteiger partial charge is 0.223 e. The molecule has 1 aliphatic rings. The molecule has 0 saturated carbocycles. The number of hydrogen-bond donors (Lipinski definition) is 1. The van der Waals surface area contributed by atoms with E-state index in [-0.39, 0.29) is 30.7 Å². The van der Waals surface area contributed by atoms with Crippen molar-refractivity contribution in [1.82, 2.24) is 10.2 Å². The quantitative estimate of drug-likeness (QED) is 0.862. The molecular weight excluding hydrogens is 308 g/mol. The van der Waals surface area contributed by atoms with Crippen LogP contribution < -0.4 is 10.1 Å². The van der Waals surface area contributed by atoms with Crippen LogP contribution in [-0.4, -0.2) is 50.1 Å². The molecule has 2 amide bonds. The molecule has 1 aromatic rings. The van der Waals surface area contributed by atoms with Gasteiger partial charge in [-0.25, -0.2) is 0 Å². The van der Waals surface area contributed by atoms with E-state index in [0.717, 1.165) is 16.9 Å². The van der Waals surface area contributed by atoms with E-state index in [2.05, 4.69) is 5.32 Å². The Morgan fingerprint density at radius 1 is 1.29 bits per heavy atom. The van der Waals surface area contributed by atoms with Crippen molar-refractivity contribution in [3.8, 4) is 5.75 Å². The number of nitrogens with one attached hydrogen (secondary N) is 1. The highest BCUT2D eigenvalue weighted by atomic mass is 16.5. The van der Waals surface area contributed by atoms with Crippen molar-refractivity contribution in [3.63, 3.8) is 0 Å². The third-order valence-corrected chi connectivity index (χ3v) is 4.16. The van der Waals surface area contributed by atoms with Crippen LogP contribution in [0.2, 0.25) is 0 Å². The highest BCUT2D eigenvalue weighted by Gasteiger charge is 2.19. The van der Waals surface area contributed by atoms with Gasteiger partial charge in [0.15, 0.2) is 0 Å². The fourth-order valence-electron chi connectivity index (χ4n) is 2.77. The van der Waals surface area contributed by atoms with Crippen molar-refractivity contribution in [3.05, 3.63) is 29.3 Å². The molecule has 6 heteroatoms. The number of aryl methyl sites for hydroxylation is 1. The summed E-state index contributed by atoms with van der Waals surface area (Å²) in [4.78, 5) is 26.0. The van der Waals surface area contributed by atoms with Crippen molar-refractivity contribution < 1.29 is 19.1 Å². The van der Waals surface area contributed by atoms with E-state index in [1.165, 1.54) is 0 Å². The van der Waals surface area contributed by atoms with Gasteiger partial charge in [0.2, 0.25) is 11.8 Å². The molecule has 1 atom stereocenters. The third kappa shape index (κ3) is 4.96. The monoisotopic (exact) mass is 334 g/mol. The van der Waals surface area contributed by atoms with Gasteiger partial charge in [0.1, 0.15) is 5.75 Å². The van der Waals surface area contributed by atoms with Crippen LogP contribution in [0.5, 0.6) is 5.75 Å². The fourth-order valence-corrected chi connectivity index (χ4v) is 2.77. The Labute approximate surface area is 143 Å². The zero-order valence-corrected chi connectivity index (χ0v) is 14.6. The Morgan fingerprint density at radius 2 is 2.00 bits per heavy atom. The standard InChI is InChI=1S/C18H26N2O4/c1-13-4-5-16(23-3)15(12-13)14(2)19-17(21)6-7-18(22)20-8-10-24-11-9-20/h4-5,12,14H,6-11H2,1-3H3,(H,19,21)/t14-/m1/s1. The maximum atomic E-state index is 12.2. The van der Waals surface area contributed by atoms with Gasteiger partial charge in [-0.3, -0.25) is 9.59 Å². The van der Waals surface area contributed by atoms with E-state index >= 15 is 0 Å². The summed E-state index contributed by atoms with van der Waals surface area (Å²) >= 11 is 0. The predicted octanol–water partition coefficient (Wildman–Crippen LogP) is 1.82. The lowest BCUT2D eigenvalue weighted by Crippen LogP contribution is -2.41. The molecule has 0 aliphatic carbocycles. The number of nitrogens with zero attached hydrogens (tertiary/aromatic N) is 1. The van der Waals surface area contributed by atoms with Gasteiger partial charge in [-0.15, -0.1) is 0 Å². The van der Waals surface area contributed by atoms with Crippen LogP contribution in [-0.2, 0) is 14.3 Å². The molecule has 1 aromatic carbocycles. The molecule has 1 saturated heterocycles. The average Bonchev–Trinajstić information content (AvgIpc) is 2.60. The number of benzene rings is 1. The molecule has 1 fully saturated rings. The molecule has 0 spiro atoms. The number of morpholine rings is 1. The highest BCUT2D eigenvalue weighted by molar-refractivity contribution is 5.84. The Bertz CT molecular complexity index is 582. The van der Waals surface area contributed by atoms with Gasteiger partial charge in [0, 0.05) is 31.5 Å². The summed E-state index contributed by atoms with van der Waals surface area (Å²) in [5.41, 5.74) is 2.04. The second-order valence-corrected chi connectivity index (χ2v) is 6.03. The molecule has 0 aromatic heterocycles. The van der Waals surface area contributed by atoms with E-state index in [1.807, 2.05) is 32.0 Å². The SMILES string of the molecule is COc1ccc(C)cc1[C@@H](C)NC(=O)CCC(=O)N1CCOCC1. The van der Waals surface area contributed by atoms with Gasteiger partial charge in [-0.05, 0) is 19.9 Å². The van der Waals surface area contributed by atoms with Gasteiger partial charge in [-0.2, -0.15) is 0 Å². The summed E-state index contributed by atoms with van der Waals surface area (Å²) in [7, 11) is 1.61. The molecule has 2 rings (SSSR count). The van der Waals surface area contributed by atoms with Crippen LogP contribution >= 0.6 is 0 Å². The lowest BCUT2D eigenvalue weighted by Gasteiger charge is -2.26. The molecule has 132 valence electrons. The Kier molecular flexibility index (Phi) is 6.61. The second kappa shape index (κ2) is 8.68. The Morgan fingerprint density at radius 3 is 2.67 bits per heavy atom. The lowest BCUT2D eigenvalue weighted by molar-refractivity contribution is -0.137. The van der Waals surface area contributed by atoms with Crippen LogP contribution in [0, 0.1) is 6.92 Å². The fraction of sp³-hybridized carbons (Fsp3) is 0.556. The van der Waals surface area contributed by atoms with Gasteiger partial charge < -0.3 is 19.7 Å². The van der Waals surface area contributed by atoms with Gasteiger partial charge in [0.25, 0.3) is 0 Å². The van der Waals surface area contributed by atoms with Gasteiger partial charge >= 0.3 is 0 Å². The van der Waals surface area contributed by atoms with Crippen LogP contribution in [0.15, 0.2) is 18.2 Å². The molecule has 0 bridgehead atoms. The molecule has 24 heavy (non-hydrogen) atoms. The van der Waals surface area contributed by atoms with E-state index in [9.17, 15) is 9.59 Å². The maximum absolute atomic E-state index is 12.2. The van der Waals surface area contributed by atoms with E-state index < -0.39 is 0 Å². The molecule has 0 unspecified atom stereocenters. The second-order valence-electron chi connectivity index (χ2n) is 6.03. The van der Waals surface area contributed by atoms with Crippen LogP contribution in [0.3, 0.4) is 0 Å². The number of ether oxygens (including phenoxy) is 2. The number of methoxy groups -OCH3 is 1. The molecule has 6 nitrogen and oxygen atoms in total. The lowest BCUT2D eigenvalue weighted by atomic mass is 10.0. The summed E-state index contributed by atoms with van der Waals surface area (Å²) in [5, 5.41) is 2.94. The van der Waals surface area contributed by atoms with Gasteiger partial charge in [-0.1, -0.05) is 17.7 Å². The van der Waals surface area contributed by atoms with Crippen LogP contribution in [0.1, 0.15) is 36.9 Å². The van der Waals surface area contributed by atoms with Crippen molar-refractivity contribution >= 4 is 11.8 Å². The first-order chi connectivity index (χ1) is 11.5. The third-order valence-electron chi connectivity index (χ3n) is 4.16. The van der Waals surface area contributed by atoms with Crippen molar-refractivity contribution in [1.29, 1.82) is 0 Å². The number of rotatable bonds is 6. The molecule has 1 N–H and O–H groups in total. The largest absolute Gasteiger partial charge is 0.496 e. The minimum absolute atomic E-state index is 0.00855. The maximum Gasteiger partial charge on any atom is 0.223 e. The summed E-state index contributed by atoms with van der Waals surface area (Å²) in [6, 6.07) is 5.70. The zero-order valence-electron chi connectivity index (χ0n) is 14.6. The minimum Gasteiger partial charge on any atom is -0.496 e. The number of carbonyl (C=O) groups excluding carboxylic acids is 2. The first-order valence-electron chi connectivity index (χ1n) is 8.30. The highest BCUT2D eigenvalue weighted by Crippen LogP contribution is 2.26. The van der Waals surface area contributed by atoms with E-state index in [1.54, 1.807) is 12.0 Å². The molecule has 0 radical (unpaired) electrons. The minimum atomic E-state index is -0.175. The van der Waals surface area contributed by atoms with Crippen LogP contribution in [0.25, 0.3) is 0 Å². The summed E-state index contributed by atoms with van der Waals surface area (Å²) < 4.78 is 10.6. The first kappa shape index (κ1) is 18.3. The summed E-state index contributed by atoms with van der Waals surface area (Å²) in [6.45, 7) is 6.27. The first-order valence-corrected chi connectivity index (χ1v) is 8.30. The van der Waals surface area contributed by atoms with Gasteiger partial charge in [0.05, 0.1) is 26.4 Å². The number of carbonyl (C=O) groups is 2. The normalized spacial score (nSPS) is 15.7. The van der Waals surface area contributed by atoms with Crippen molar-refractivity contribution in [2.24, 2.45) is 0 Å². The Hall–Kier alpha value is -2.08. The van der Waals surface area contributed by atoms with Crippen molar-refractivity contribution in [2.45, 2.75) is 32.7 Å². The summed E-state index contributed by atoms with van der Waals surface area (Å²) in [6.07, 6.45) is 0.415. The molecule has 1 heterocycles. The Balaban J connectivity index is 1.85. The van der Waals surface area contributed by atoms with E-state index in [0.29, 0.717) is 26.3 Å². The molecular formula is C18H26N2O4. The average molecular weight is 334 g/mol. The van der Waals surface area contributed by atoms with E-state index in [4.69, 9.17) is 9.47 Å². The van der Waals surface area contributed by atoms with Crippen molar-refractivity contribution in [2.75, 3.05) is 33.4 Å².